The van der Waals surface area contributed by atoms with Gasteiger partial charge < -0.3 is 14.5 Å². The van der Waals surface area contributed by atoms with Crippen LogP contribution in [0, 0.1) is 0 Å². The summed E-state index contributed by atoms with van der Waals surface area (Å²) in [5, 5.41) is 1.13. The molecule has 1 aromatic heterocycles. The second kappa shape index (κ2) is 8.28. The fraction of sp³-hybridized carbons (Fsp3) is 0.467. The Morgan fingerprint density at radius 3 is 2.82 bits per heavy atom. The van der Waals surface area contributed by atoms with Crippen molar-refractivity contribution in [2.75, 3.05) is 39.2 Å². The molecule has 0 unspecified atom stereocenters. The number of aromatic nitrogens is 1. The Morgan fingerprint density at radius 1 is 1.18 bits per heavy atom. The normalized spacial score (nSPS) is 12.0. The Bertz CT molecular complexity index is 682. The molecular formula is C15H22N2O4S. The van der Waals surface area contributed by atoms with Gasteiger partial charge in [-0.1, -0.05) is 18.2 Å². The van der Waals surface area contributed by atoms with E-state index in [2.05, 4.69) is 9.71 Å². The van der Waals surface area contributed by atoms with E-state index in [9.17, 15) is 8.42 Å². The summed E-state index contributed by atoms with van der Waals surface area (Å²) >= 11 is 0. The molecule has 22 heavy (non-hydrogen) atoms. The van der Waals surface area contributed by atoms with Crippen molar-refractivity contribution in [2.45, 2.75) is 6.42 Å². The highest BCUT2D eigenvalue weighted by Crippen LogP contribution is 2.17. The standard InChI is InChI=1S/C15H22N2O4S/c1-20-8-9-21-10-11-22(18,19)17-7-6-13-12-16-15-5-3-2-4-14(13)15/h2-5,12,16-17H,6-11H2,1H3. The second-order valence-electron chi connectivity index (χ2n) is 4.93. The summed E-state index contributed by atoms with van der Waals surface area (Å²) in [6.45, 7) is 1.42. The maximum Gasteiger partial charge on any atom is 0.213 e. The summed E-state index contributed by atoms with van der Waals surface area (Å²) in [5.74, 6) is -0.0371. The van der Waals surface area contributed by atoms with Gasteiger partial charge in [0.2, 0.25) is 10.0 Å². The van der Waals surface area contributed by atoms with Crippen LogP contribution in [0.4, 0.5) is 0 Å². The molecule has 0 saturated heterocycles. The highest BCUT2D eigenvalue weighted by atomic mass is 32.2. The molecule has 0 radical (unpaired) electrons. The predicted octanol–water partition coefficient (Wildman–Crippen LogP) is 1.29. The van der Waals surface area contributed by atoms with Crippen LogP contribution in [0.1, 0.15) is 5.56 Å². The third kappa shape index (κ3) is 5.10. The first-order valence-electron chi connectivity index (χ1n) is 7.21. The van der Waals surface area contributed by atoms with E-state index < -0.39 is 10.0 Å². The lowest BCUT2D eigenvalue weighted by Crippen LogP contribution is -2.30. The van der Waals surface area contributed by atoms with Crippen LogP contribution in [0.3, 0.4) is 0 Å². The monoisotopic (exact) mass is 326 g/mol. The lowest BCUT2D eigenvalue weighted by Gasteiger charge is -2.07. The maximum atomic E-state index is 11.8. The lowest BCUT2D eigenvalue weighted by molar-refractivity contribution is 0.0784. The molecule has 2 rings (SSSR count). The van der Waals surface area contributed by atoms with Crippen LogP contribution in [0.15, 0.2) is 30.5 Å². The van der Waals surface area contributed by atoms with Gasteiger partial charge in [-0.3, -0.25) is 0 Å². The van der Waals surface area contributed by atoms with Crippen LogP contribution in [0.2, 0.25) is 0 Å². The number of benzene rings is 1. The molecule has 0 aliphatic heterocycles. The molecular weight excluding hydrogens is 304 g/mol. The highest BCUT2D eigenvalue weighted by molar-refractivity contribution is 7.89. The third-order valence-electron chi connectivity index (χ3n) is 3.32. The van der Waals surface area contributed by atoms with Crippen molar-refractivity contribution < 1.29 is 17.9 Å². The summed E-state index contributed by atoms with van der Waals surface area (Å²) in [5.41, 5.74) is 2.17. The molecule has 0 atom stereocenters. The van der Waals surface area contributed by atoms with E-state index >= 15 is 0 Å². The van der Waals surface area contributed by atoms with Gasteiger partial charge in [-0.05, 0) is 18.1 Å². The Kier molecular flexibility index (Phi) is 6.38. The van der Waals surface area contributed by atoms with Crippen LogP contribution in [0.25, 0.3) is 10.9 Å². The van der Waals surface area contributed by atoms with Crippen molar-refractivity contribution >= 4 is 20.9 Å². The van der Waals surface area contributed by atoms with Gasteiger partial charge in [0.05, 0.1) is 25.6 Å². The number of rotatable bonds is 10. The van der Waals surface area contributed by atoms with E-state index in [-0.39, 0.29) is 12.4 Å². The van der Waals surface area contributed by atoms with Crippen molar-refractivity contribution in [3.63, 3.8) is 0 Å². The van der Waals surface area contributed by atoms with E-state index in [1.165, 1.54) is 0 Å². The summed E-state index contributed by atoms with van der Waals surface area (Å²) in [6.07, 6.45) is 2.57. The van der Waals surface area contributed by atoms with Gasteiger partial charge in [0, 0.05) is 30.8 Å². The number of ether oxygens (including phenoxy) is 2. The minimum Gasteiger partial charge on any atom is -0.382 e. The molecule has 0 fully saturated rings. The summed E-state index contributed by atoms with van der Waals surface area (Å²) in [7, 11) is -1.73. The molecule has 6 nitrogen and oxygen atoms in total. The molecule has 122 valence electrons. The molecule has 2 aromatic rings. The van der Waals surface area contributed by atoms with Crippen molar-refractivity contribution in [1.29, 1.82) is 0 Å². The van der Waals surface area contributed by atoms with Crippen LogP contribution >= 0.6 is 0 Å². The molecule has 1 heterocycles. The predicted molar refractivity (Wildman–Crippen MR) is 86.5 cm³/mol. The number of aromatic amines is 1. The molecule has 7 heteroatoms. The van der Waals surface area contributed by atoms with Crippen LogP contribution < -0.4 is 4.72 Å². The number of methoxy groups -OCH3 is 1. The fourth-order valence-electron chi connectivity index (χ4n) is 2.16. The summed E-state index contributed by atoms with van der Waals surface area (Å²) in [4.78, 5) is 3.18. The zero-order valence-electron chi connectivity index (χ0n) is 12.7. The highest BCUT2D eigenvalue weighted by Gasteiger charge is 2.10. The lowest BCUT2D eigenvalue weighted by atomic mass is 10.1. The van der Waals surface area contributed by atoms with E-state index in [1.807, 2.05) is 30.5 Å². The largest absolute Gasteiger partial charge is 0.382 e. The third-order valence-corrected chi connectivity index (χ3v) is 4.67. The first-order valence-corrected chi connectivity index (χ1v) is 8.86. The Hall–Kier alpha value is -1.41. The van der Waals surface area contributed by atoms with Crippen LogP contribution in [-0.4, -0.2) is 52.6 Å². The Labute approximate surface area is 130 Å². The number of H-pyrrole nitrogens is 1. The second-order valence-corrected chi connectivity index (χ2v) is 6.85. The van der Waals surface area contributed by atoms with Crippen molar-refractivity contribution in [1.82, 2.24) is 9.71 Å². The minimum absolute atomic E-state index is 0.0371. The quantitative estimate of drug-likeness (QED) is 0.645. The molecule has 1 aromatic carbocycles. The van der Waals surface area contributed by atoms with E-state index in [4.69, 9.17) is 9.47 Å². The van der Waals surface area contributed by atoms with Crippen molar-refractivity contribution in [3.05, 3.63) is 36.0 Å². The van der Waals surface area contributed by atoms with Gasteiger partial charge in [-0.15, -0.1) is 0 Å². The molecule has 0 spiro atoms. The van der Waals surface area contributed by atoms with Gasteiger partial charge in [-0.25, -0.2) is 13.1 Å². The molecule has 0 aliphatic rings. The van der Waals surface area contributed by atoms with E-state index in [0.717, 1.165) is 16.5 Å². The van der Waals surface area contributed by atoms with Gasteiger partial charge in [0.1, 0.15) is 0 Å². The molecule has 2 N–H and O–H groups in total. The smallest absolute Gasteiger partial charge is 0.213 e. The topological polar surface area (TPSA) is 80.4 Å². The molecule has 0 amide bonds. The van der Waals surface area contributed by atoms with Crippen molar-refractivity contribution in [2.24, 2.45) is 0 Å². The number of nitrogens with one attached hydrogen (secondary N) is 2. The van der Waals surface area contributed by atoms with Crippen LogP contribution in [-0.2, 0) is 25.9 Å². The fourth-order valence-corrected chi connectivity index (χ4v) is 3.06. The number of para-hydroxylation sites is 1. The number of fused-ring (bicyclic) bond motifs is 1. The van der Waals surface area contributed by atoms with Gasteiger partial charge in [-0.2, -0.15) is 0 Å². The summed E-state index contributed by atoms with van der Waals surface area (Å²) in [6, 6.07) is 7.97. The molecule has 0 aliphatic carbocycles. The SMILES string of the molecule is COCCOCCS(=O)(=O)NCCc1c[nH]c2ccccc12. The number of sulfonamides is 1. The molecule has 0 bridgehead atoms. The minimum atomic E-state index is -3.30. The van der Waals surface area contributed by atoms with Gasteiger partial charge in [0.15, 0.2) is 0 Å². The van der Waals surface area contributed by atoms with Crippen LogP contribution in [0.5, 0.6) is 0 Å². The number of hydrogen-bond donors (Lipinski definition) is 2. The zero-order valence-corrected chi connectivity index (χ0v) is 13.5. The first-order chi connectivity index (χ1) is 10.6. The van der Waals surface area contributed by atoms with Gasteiger partial charge >= 0.3 is 0 Å². The summed E-state index contributed by atoms with van der Waals surface area (Å²) < 4.78 is 36.2. The Balaban J connectivity index is 1.75. The molecule has 0 saturated carbocycles. The van der Waals surface area contributed by atoms with E-state index in [0.29, 0.717) is 26.2 Å². The zero-order chi connectivity index (χ0) is 15.8. The van der Waals surface area contributed by atoms with Gasteiger partial charge in [0.25, 0.3) is 0 Å². The average Bonchev–Trinajstić information content (AvgIpc) is 2.90. The average molecular weight is 326 g/mol. The maximum absolute atomic E-state index is 11.8. The first kappa shape index (κ1) is 17.0. The Morgan fingerprint density at radius 2 is 2.00 bits per heavy atom. The number of hydrogen-bond acceptors (Lipinski definition) is 4. The van der Waals surface area contributed by atoms with Crippen molar-refractivity contribution in [3.8, 4) is 0 Å². The van der Waals surface area contributed by atoms with E-state index in [1.54, 1.807) is 7.11 Å².